The fourth-order valence-corrected chi connectivity index (χ4v) is 2.91. The van der Waals surface area contributed by atoms with E-state index in [-0.39, 0.29) is 22.8 Å². The van der Waals surface area contributed by atoms with Crippen LogP contribution in [0.5, 0.6) is 0 Å². The molecule has 1 fully saturated rings. The Balaban J connectivity index is 2.02. The van der Waals surface area contributed by atoms with Crippen molar-refractivity contribution >= 4 is 21.4 Å². The van der Waals surface area contributed by atoms with E-state index in [1.54, 1.807) is 12.1 Å². The predicted molar refractivity (Wildman–Crippen MR) is 73.5 cm³/mol. The molecule has 1 aliphatic carbocycles. The molecule has 3 N–H and O–H groups in total. The average molecular weight is 282 g/mol. The minimum atomic E-state index is -3.20. The summed E-state index contributed by atoms with van der Waals surface area (Å²) in [5.41, 5.74) is 6.39. The minimum Gasteiger partial charge on any atom is -0.328 e. The van der Waals surface area contributed by atoms with Gasteiger partial charge in [0.25, 0.3) is 0 Å². The standard InChI is InChI=1S/C13H18N2O3S/c1-19(17,18)12-6-4-11(5-7-12)15-13(16)9-2-3-10(14)8-9/h4-7,9-10H,2-3,8,14H2,1H3,(H,15,16). The van der Waals surface area contributed by atoms with Gasteiger partial charge in [0.1, 0.15) is 0 Å². The molecule has 1 aromatic carbocycles. The molecule has 0 radical (unpaired) electrons. The zero-order valence-corrected chi connectivity index (χ0v) is 11.6. The van der Waals surface area contributed by atoms with Gasteiger partial charge >= 0.3 is 0 Å². The molecule has 104 valence electrons. The Kier molecular flexibility index (Phi) is 3.91. The lowest BCUT2D eigenvalue weighted by Gasteiger charge is -2.11. The van der Waals surface area contributed by atoms with Gasteiger partial charge in [-0.15, -0.1) is 0 Å². The maximum Gasteiger partial charge on any atom is 0.227 e. The lowest BCUT2D eigenvalue weighted by molar-refractivity contribution is -0.119. The zero-order valence-electron chi connectivity index (χ0n) is 10.8. The van der Waals surface area contributed by atoms with E-state index in [0.717, 1.165) is 19.1 Å². The fraction of sp³-hybridized carbons (Fsp3) is 0.462. The Morgan fingerprint density at radius 2 is 1.89 bits per heavy atom. The van der Waals surface area contributed by atoms with Gasteiger partial charge in [-0.05, 0) is 43.5 Å². The molecule has 0 aliphatic heterocycles. The van der Waals surface area contributed by atoms with Gasteiger partial charge < -0.3 is 11.1 Å². The zero-order chi connectivity index (χ0) is 14.0. The molecule has 5 nitrogen and oxygen atoms in total. The number of nitrogens with one attached hydrogen (secondary N) is 1. The van der Waals surface area contributed by atoms with Crippen molar-refractivity contribution in [3.05, 3.63) is 24.3 Å². The molecule has 0 spiro atoms. The number of hydrogen-bond acceptors (Lipinski definition) is 4. The first kappa shape index (κ1) is 14.0. The number of carbonyl (C=O) groups excluding carboxylic acids is 1. The Morgan fingerprint density at radius 3 is 2.37 bits per heavy atom. The predicted octanol–water partition coefficient (Wildman–Crippen LogP) is 1.16. The van der Waals surface area contributed by atoms with Crippen molar-refractivity contribution in [2.45, 2.75) is 30.2 Å². The van der Waals surface area contributed by atoms with E-state index in [9.17, 15) is 13.2 Å². The molecule has 1 aliphatic rings. The highest BCUT2D eigenvalue weighted by Crippen LogP contribution is 2.25. The summed E-state index contributed by atoms with van der Waals surface area (Å²) in [7, 11) is -3.20. The third kappa shape index (κ3) is 3.54. The number of amides is 1. The van der Waals surface area contributed by atoms with Crippen LogP contribution in [0, 0.1) is 5.92 Å². The van der Waals surface area contributed by atoms with Crippen LogP contribution in [0.1, 0.15) is 19.3 Å². The van der Waals surface area contributed by atoms with Gasteiger partial charge in [0.05, 0.1) is 4.90 Å². The molecular formula is C13H18N2O3S. The molecule has 0 aromatic heterocycles. The maximum absolute atomic E-state index is 12.0. The SMILES string of the molecule is CS(=O)(=O)c1ccc(NC(=O)C2CCC(N)C2)cc1. The van der Waals surface area contributed by atoms with Gasteiger partial charge in [0.15, 0.2) is 9.84 Å². The summed E-state index contributed by atoms with van der Waals surface area (Å²) in [4.78, 5) is 12.2. The van der Waals surface area contributed by atoms with Crippen molar-refractivity contribution in [3.8, 4) is 0 Å². The van der Waals surface area contributed by atoms with Crippen molar-refractivity contribution < 1.29 is 13.2 Å². The van der Waals surface area contributed by atoms with Crippen molar-refractivity contribution in [3.63, 3.8) is 0 Å². The minimum absolute atomic E-state index is 0.0374. The summed E-state index contributed by atoms with van der Waals surface area (Å²) in [5, 5.41) is 2.79. The summed E-state index contributed by atoms with van der Waals surface area (Å²) >= 11 is 0. The van der Waals surface area contributed by atoms with Gasteiger partial charge in [-0.25, -0.2) is 8.42 Å². The third-order valence-corrected chi connectivity index (χ3v) is 4.52. The molecule has 0 bridgehead atoms. The lowest BCUT2D eigenvalue weighted by atomic mass is 10.1. The molecule has 1 aromatic rings. The quantitative estimate of drug-likeness (QED) is 0.870. The highest BCUT2D eigenvalue weighted by molar-refractivity contribution is 7.90. The van der Waals surface area contributed by atoms with E-state index in [2.05, 4.69) is 5.32 Å². The molecule has 2 unspecified atom stereocenters. The van der Waals surface area contributed by atoms with E-state index in [1.807, 2.05) is 0 Å². The Hall–Kier alpha value is -1.40. The number of benzene rings is 1. The van der Waals surface area contributed by atoms with E-state index in [0.29, 0.717) is 12.1 Å². The second kappa shape index (κ2) is 5.30. The van der Waals surface area contributed by atoms with Crippen LogP contribution in [0.3, 0.4) is 0 Å². The molecule has 1 amide bonds. The van der Waals surface area contributed by atoms with E-state index in [4.69, 9.17) is 5.73 Å². The number of nitrogens with two attached hydrogens (primary N) is 1. The normalized spacial score (nSPS) is 23.3. The first-order valence-electron chi connectivity index (χ1n) is 6.23. The largest absolute Gasteiger partial charge is 0.328 e. The van der Waals surface area contributed by atoms with Crippen LogP contribution < -0.4 is 11.1 Å². The maximum atomic E-state index is 12.0. The Morgan fingerprint density at radius 1 is 1.26 bits per heavy atom. The highest BCUT2D eigenvalue weighted by atomic mass is 32.2. The molecule has 19 heavy (non-hydrogen) atoms. The van der Waals surface area contributed by atoms with Crippen LogP contribution in [0.25, 0.3) is 0 Å². The van der Waals surface area contributed by atoms with Crippen LogP contribution in [0.15, 0.2) is 29.2 Å². The summed E-state index contributed by atoms with van der Waals surface area (Å²) in [6.45, 7) is 0. The van der Waals surface area contributed by atoms with Crippen LogP contribution in [-0.2, 0) is 14.6 Å². The Labute approximate surface area is 113 Å². The summed E-state index contributed by atoms with van der Waals surface area (Å²) < 4.78 is 22.6. The molecule has 1 saturated carbocycles. The van der Waals surface area contributed by atoms with Gasteiger partial charge in [-0.1, -0.05) is 0 Å². The fourth-order valence-electron chi connectivity index (χ4n) is 2.28. The average Bonchev–Trinajstić information content (AvgIpc) is 2.75. The monoisotopic (exact) mass is 282 g/mol. The van der Waals surface area contributed by atoms with E-state index < -0.39 is 9.84 Å². The third-order valence-electron chi connectivity index (χ3n) is 3.39. The van der Waals surface area contributed by atoms with Crippen LogP contribution >= 0.6 is 0 Å². The number of carbonyl (C=O) groups is 1. The molecule has 2 rings (SSSR count). The van der Waals surface area contributed by atoms with Crippen molar-refractivity contribution in [2.75, 3.05) is 11.6 Å². The van der Waals surface area contributed by atoms with Crippen LogP contribution in [0.4, 0.5) is 5.69 Å². The van der Waals surface area contributed by atoms with Crippen LogP contribution in [-0.4, -0.2) is 26.6 Å². The van der Waals surface area contributed by atoms with Crippen molar-refractivity contribution in [2.24, 2.45) is 11.7 Å². The molecular weight excluding hydrogens is 264 g/mol. The van der Waals surface area contributed by atoms with Crippen molar-refractivity contribution in [1.82, 2.24) is 0 Å². The summed E-state index contributed by atoms with van der Waals surface area (Å²) in [5.74, 6) is -0.0790. The van der Waals surface area contributed by atoms with Gasteiger partial charge in [-0.2, -0.15) is 0 Å². The topological polar surface area (TPSA) is 89.3 Å². The second-order valence-corrected chi connectivity index (χ2v) is 7.07. The lowest BCUT2D eigenvalue weighted by Crippen LogP contribution is -2.23. The van der Waals surface area contributed by atoms with Crippen molar-refractivity contribution in [1.29, 1.82) is 0 Å². The molecule has 6 heteroatoms. The number of sulfone groups is 1. The number of anilines is 1. The first-order valence-corrected chi connectivity index (χ1v) is 8.12. The number of hydrogen-bond donors (Lipinski definition) is 2. The van der Waals surface area contributed by atoms with Crippen LogP contribution in [0.2, 0.25) is 0 Å². The van der Waals surface area contributed by atoms with Gasteiger partial charge in [0, 0.05) is 23.9 Å². The highest BCUT2D eigenvalue weighted by Gasteiger charge is 2.27. The second-order valence-electron chi connectivity index (χ2n) is 5.06. The van der Waals surface area contributed by atoms with Gasteiger partial charge in [-0.3, -0.25) is 4.79 Å². The molecule has 0 heterocycles. The first-order chi connectivity index (χ1) is 8.86. The number of rotatable bonds is 3. The summed E-state index contributed by atoms with van der Waals surface area (Å²) in [6.07, 6.45) is 3.56. The van der Waals surface area contributed by atoms with E-state index in [1.165, 1.54) is 12.1 Å². The molecule has 0 saturated heterocycles. The van der Waals surface area contributed by atoms with Gasteiger partial charge in [0.2, 0.25) is 5.91 Å². The smallest absolute Gasteiger partial charge is 0.227 e. The molecule has 2 atom stereocenters. The van der Waals surface area contributed by atoms with E-state index >= 15 is 0 Å². The summed E-state index contributed by atoms with van der Waals surface area (Å²) in [6, 6.07) is 6.30. The Bertz CT molecular complexity index is 566.